The van der Waals surface area contributed by atoms with Crippen LogP contribution in [0.15, 0.2) is 48.5 Å². The summed E-state index contributed by atoms with van der Waals surface area (Å²) in [5.74, 6) is -0.935. The highest BCUT2D eigenvalue weighted by molar-refractivity contribution is 5.98. The molecule has 7 heteroatoms. The Morgan fingerprint density at radius 2 is 1.73 bits per heavy atom. The molecule has 1 aliphatic rings. The molecule has 0 spiro atoms. The van der Waals surface area contributed by atoms with Crippen LogP contribution in [-0.4, -0.2) is 61.1 Å². The fourth-order valence-electron chi connectivity index (χ4n) is 4.08. The molecule has 0 radical (unpaired) electrons. The summed E-state index contributed by atoms with van der Waals surface area (Å²) >= 11 is 0. The van der Waals surface area contributed by atoms with Crippen LogP contribution in [0.25, 0.3) is 10.9 Å². The minimum absolute atomic E-state index is 0.356. The van der Waals surface area contributed by atoms with Gasteiger partial charge >= 0.3 is 5.97 Å². The van der Waals surface area contributed by atoms with Crippen molar-refractivity contribution < 1.29 is 14.3 Å². The van der Waals surface area contributed by atoms with E-state index in [0.717, 1.165) is 54.9 Å². The number of anilines is 2. The SMILES string of the molecule is CCN1CCN(c2ccc(NC(=O)COC(=O)c3cc4cc(C)ccc4nc3C)cc2)CC1. The Bertz CT molecular complexity index is 1150. The van der Waals surface area contributed by atoms with Crippen molar-refractivity contribution in [1.82, 2.24) is 9.88 Å². The highest BCUT2D eigenvalue weighted by Crippen LogP contribution is 2.20. The number of ether oxygens (including phenoxy) is 1. The first-order chi connectivity index (χ1) is 15.9. The summed E-state index contributed by atoms with van der Waals surface area (Å²) in [5.41, 5.74) is 4.67. The molecule has 0 aliphatic carbocycles. The standard InChI is InChI=1S/C26H30N4O3/c1-4-29-11-13-30(14-12-29)22-8-6-21(7-9-22)28-25(31)17-33-26(32)23-16-20-15-18(2)5-10-24(20)27-19(23)3/h5-10,15-16H,4,11-14,17H2,1-3H3,(H,28,31). The van der Waals surface area contributed by atoms with Crippen LogP contribution < -0.4 is 10.2 Å². The topological polar surface area (TPSA) is 74.8 Å². The summed E-state index contributed by atoms with van der Waals surface area (Å²) in [4.78, 5) is 34.2. The Morgan fingerprint density at radius 1 is 1.00 bits per heavy atom. The summed E-state index contributed by atoms with van der Waals surface area (Å²) in [6.45, 7) is 10.8. The van der Waals surface area contributed by atoms with Gasteiger partial charge in [0, 0.05) is 42.9 Å². The third kappa shape index (κ3) is 5.49. The lowest BCUT2D eigenvalue weighted by Crippen LogP contribution is -2.46. The van der Waals surface area contributed by atoms with Gasteiger partial charge < -0.3 is 19.9 Å². The van der Waals surface area contributed by atoms with Gasteiger partial charge in [0.25, 0.3) is 5.91 Å². The quantitative estimate of drug-likeness (QED) is 0.581. The van der Waals surface area contributed by atoms with E-state index in [-0.39, 0.29) is 12.5 Å². The molecule has 1 aromatic heterocycles. The van der Waals surface area contributed by atoms with Crippen molar-refractivity contribution in [3.63, 3.8) is 0 Å². The Labute approximate surface area is 194 Å². The number of nitrogens with one attached hydrogen (secondary N) is 1. The molecular formula is C26H30N4O3. The molecule has 1 N–H and O–H groups in total. The molecule has 3 aromatic rings. The maximum atomic E-state index is 12.6. The van der Waals surface area contributed by atoms with Crippen molar-refractivity contribution in [3.05, 3.63) is 65.4 Å². The van der Waals surface area contributed by atoms with Gasteiger partial charge in [-0.1, -0.05) is 18.6 Å². The van der Waals surface area contributed by atoms with Crippen molar-refractivity contribution in [2.45, 2.75) is 20.8 Å². The fraction of sp³-hybridized carbons (Fsp3) is 0.346. The molecule has 7 nitrogen and oxygen atoms in total. The van der Waals surface area contributed by atoms with Crippen molar-refractivity contribution in [1.29, 1.82) is 0 Å². The number of carbonyl (C=O) groups excluding carboxylic acids is 2. The second-order valence-corrected chi connectivity index (χ2v) is 8.41. The van der Waals surface area contributed by atoms with Crippen LogP contribution in [0, 0.1) is 13.8 Å². The third-order valence-corrected chi connectivity index (χ3v) is 6.05. The van der Waals surface area contributed by atoms with Crippen molar-refractivity contribution >= 4 is 34.2 Å². The number of amides is 1. The molecule has 1 aliphatic heterocycles. The average Bonchev–Trinajstić information content (AvgIpc) is 2.83. The fourth-order valence-corrected chi connectivity index (χ4v) is 4.08. The molecule has 1 saturated heterocycles. The van der Waals surface area contributed by atoms with Crippen LogP contribution >= 0.6 is 0 Å². The largest absolute Gasteiger partial charge is 0.452 e. The van der Waals surface area contributed by atoms with Gasteiger partial charge in [-0.25, -0.2) is 4.79 Å². The average molecular weight is 447 g/mol. The number of hydrogen-bond donors (Lipinski definition) is 1. The van der Waals surface area contributed by atoms with E-state index in [1.165, 1.54) is 0 Å². The smallest absolute Gasteiger partial charge is 0.340 e. The summed E-state index contributed by atoms with van der Waals surface area (Å²) in [6, 6.07) is 15.4. The van der Waals surface area contributed by atoms with E-state index in [0.29, 0.717) is 16.9 Å². The number of piperazine rings is 1. The van der Waals surface area contributed by atoms with E-state index in [1.54, 1.807) is 13.0 Å². The van der Waals surface area contributed by atoms with E-state index in [9.17, 15) is 9.59 Å². The molecule has 0 saturated carbocycles. The van der Waals surface area contributed by atoms with Crippen molar-refractivity contribution in [2.75, 3.05) is 49.5 Å². The molecule has 0 bridgehead atoms. The van der Waals surface area contributed by atoms with E-state index in [1.807, 2.05) is 49.4 Å². The first-order valence-corrected chi connectivity index (χ1v) is 11.4. The van der Waals surface area contributed by atoms with Gasteiger partial charge in [0.1, 0.15) is 0 Å². The number of fused-ring (bicyclic) bond motifs is 1. The van der Waals surface area contributed by atoms with Crippen molar-refractivity contribution in [3.8, 4) is 0 Å². The number of rotatable bonds is 6. The molecule has 4 rings (SSSR count). The maximum Gasteiger partial charge on any atom is 0.340 e. The van der Waals surface area contributed by atoms with Crippen LogP contribution in [0.1, 0.15) is 28.5 Å². The van der Waals surface area contributed by atoms with E-state index in [2.05, 4.69) is 27.0 Å². The molecule has 2 heterocycles. The lowest BCUT2D eigenvalue weighted by atomic mass is 10.1. The second kappa shape index (κ2) is 10.0. The zero-order valence-electron chi connectivity index (χ0n) is 19.4. The number of carbonyl (C=O) groups is 2. The summed E-state index contributed by atoms with van der Waals surface area (Å²) < 4.78 is 5.26. The minimum Gasteiger partial charge on any atom is -0.452 e. The first kappa shape index (κ1) is 22.7. The van der Waals surface area contributed by atoms with Crippen LogP contribution in [0.3, 0.4) is 0 Å². The predicted octanol–water partition coefficient (Wildman–Crippen LogP) is 3.79. The van der Waals surface area contributed by atoms with Gasteiger partial charge in [-0.05, 0) is 62.9 Å². The lowest BCUT2D eigenvalue weighted by Gasteiger charge is -2.35. The highest BCUT2D eigenvalue weighted by Gasteiger charge is 2.17. The molecule has 0 unspecified atom stereocenters. The Morgan fingerprint density at radius 3 is 2.42 bits per heavy atom. The first-order valence-electron chi connectivity index (χ1n) is 11.4. The van der Waals surface area contributed by atoms with Crippen LogP contribution in [0.5, 0.6) is 0 Å². The zero-order chi connectivity index (χ0) is 23.4. The molecular weight excluding hydrogens is 416 g/mol. The Hall–Kier alpha value is -3.45. The molecule has 1 fully saturated rings. The number of hydrogen-bond acceptors (Lipinski definition) is 6. The lowest BCUT2D eigenvalue weighted by molar-refractivity contribution is -0.119. The Kier molecular flexibility index (Phi) is 6.89. The third-order valence-electron chi connectivity index (χ3n) is 6.05. The molecule has 1 amide bonds. The highest BCUT2D eigenvalue weighted by atomic mass is 16.5. The number of esters is 1. The maximum absolute atomic E-state index is 12.6. The summed E-state index contributed by atoms with van der Waals surface area (Å²) in [5, 5.41) is 3.66. The second-order valence-electron chi connectivity index (χ2n) is 8.41. The number of aryl methyl sites for hydroxylation is 2. The van der Waals surface area contributed by atoms with E-state index >= 15 is 0 Å². The number of pyridine rings is 1. The minimum atomic E-state index is -0.555. The number of nitrogens with zero attached hydrogens (tertiary/aromatic N) is 3. The Balaban J connectivity index is 1.31. The van der Waals surface area contributed by atoms with Crippen LogP contribution in [0.4, 0.5) is 11.4 Å². The van der Waals surface area contributed by atoms with Gasteiger partial charge in [0.05, 0.1) is 16.8 Å². The number of likely N-dealkylation sites (N-methyl/N-ethyl adjacent to an activating group) is 1. The normalized spacial score (nSPS) is 14.3. The molecule has 33 heavy (non-hydrogen) atoms. The number of aromatic nitrogens is 1. The summed E-state index contributed by atoms with van der Waals surface area (Å²) in [6.07, 6.45) is 0. The van der Waals surface area contributed by atoms with Gasteiger partial charge in [-0.15, -0.1) is 0 Å². The van der Waals surface area contributed by atoms with Gasteiger partial charge in [0.15, 0.2) is 6.61 Å². The molecule has 172 valence electrons. The monoisotopic (exact) mass is 446 g/mol. The number of benzene rings is 2. The van der Waals surface area contributed by atoms with E-state index in [4.69, 9.17) is 4.74 Å². The van der Waals surface area contributed by atoms with Gasteiger partial charge in [0.2, 0.25) is 0 Å². The predicted molar refractivity (Wildman–Crippen MR) is 131 cm³/mol. The van der Waals surface area contributed by atoms with Crippen LogP contribution in [0.2, 0.25) is 0 Å². The zero-order valence-corrected chi connectivity index (χ0v) is 19.4. The summed E-state index contributed by atoms with van der Waals surface area (Å²) in [7, 11) is 0. The van der Waals surface area contributed by atoms with Crippen LogP contribution in [-0.2, 0) is 9.53 Å². The van der Waals surface area contributed by atoms with E-state index < -0.39 is 5.97 Å². The molecule has 2 aromatic carbocycles. The van der Waals surface area contributed by atoms with Gasteiger partial charge in [-0.3, -0.25) is 9.78 Å². The molecule has 0 atom stereocenters. The van der Waals surface area contributed by atoms with Gasteiger partial charge in [-0.2, -0.15) is 0 Å². The van der Waals surface area contributed by atoms with Crippen molar-refractivity contribution in [2.24, 2.45) is 0 Å².